The largest absolute Gasteiger partial charge is 0.275 e. The van der Waals surface area contributed by atoms with Crippen LogP contribution in [-0.2, 0) is 7.05 Å². The van der Waals surface area contributed by atoms with Crippen LogP contribution in [0.15, 0.2) is 18.6 Å². The van der Waals surface area contributed by atoms with Crippen molar-refractivity contribution in [2.24, 2.45) is 7.05 Å². The molecule has 0 saturated carbocycles. The molecule has 0 fully saturated rings. The fourth-order valence-corrected chi connectivity index (χ4v) is 1.51. The minimum absolute atomic E-state index is 0.141. The maximum Gasteiger partial charge on any atom is 0.223 e. The number of hydrogen-bond acceptors (Lipinski definition) is 3. The third kappa shape index (κ3) is 1.71. The molecule has 2 aromatic rings. The van der Waals surface area contributed by atoms with Crippen LogP contribution in [0.3, 0.4) is 0 Å². The van der Waals surface area contributed by atoms with Crippen LogP contribution < -0.4 is 0 Å². The third-order valence-electron chi connectivity index (χ3n) is 1.73. The van der Waals surface area contributed by atoms with Crippen molar-refractivity contribution in [3.63, 3.8) is 0 Å². The average Bonchev–Trinajstić information content (AvgIpc) is 2.51. The van der Waals surface area contributed by atoms with E-state index in [4.69, 9.17) is 23.2 Å². The minimum Gasteiger partial charge on any atom is -0.275 e. The van der Waals surface area contributed by atoms with Gasteiger partial charge >= 0.3 is 0 Å². The predicted molar refractivity (Wildman–Crippen MR) is 54.3 cm³/mol. The summed E-state index contributed by atoms with van der Waals surface area (Å²) in [5.74, 6) is 0. The molecule has 0 radical (unpaired) electrons. The first-order valence-corrected chi connectivity index (χ1v) is 4.59. The zero-order valence-corrected chi connectivity index (χ0v) is 8.79. The SMILES string of the molecule is Cn1cc(-c2cnc(Cl)nc2Cl)cn1. The summed E-state index contributed by atoms with van der Waals surface area (Å²) in [5.41, 5.74) is 1.60. The standard InChI is InChI=1S/C8H6Cl2N4/c1-14-4-5(2-12-14)6-3-11-8(10)13-7(6)9/h2-4H,1H3. The van der Waals surface area contributed by atoms with Gasteiger partial charge < -0.3 is 0 Å². The van der Waals surface area contributed by atoms with Gasteiger partial charge in [0.15, 0.2) is 0 Å². The Kier molecular flexibility index (Phi) is 2.39. The van der Waals surface area contributed by atoms with Crippen molar-refractivity contribution < 1.29 is 0 Å². The summed E-state index contributed by atoms with van der Waals surface area (Å²) < 4.78 is 1.68. The molecule has 14 heavy (non-hydrogen) atoms. The summed E-state index contributed by atoms with van der Waals surface area (Å²) in [6.45, 7) is 0. The van der Waals surface area contributed by atoms with Crippen molar-refractivity contribution in [2.45, 2.75) is 0 Å². The Morgan fingerprint density at radius 1 is 1.29 bits per heavy atom. The predicted octanol–water partition coefficient (Wildman–Crippen LogP) is 2.18. The van der Waals surface area contributed by atoms with Gasteiger partial charge in [-0.05, 0) is 11.6 Å². The summed E-state index contributed by atoms with van der Waals surface area (Å²) in [5, 5.41) is 4.50. The van der Waals surface area contributed by atoms with Gasteiger partial charge in [0.2, 0.25) is 5.28 Å². The van der Waals surface area contributed by atoms with Crippen molar-refractivity contribution in [1.82, 2.24) is 19.7 Å². The molecular weight excluding hydrogens is 223 g/mol. The van der Waals surface area contributed by atoms with Crippen LogP contribution >= 0.6 is 23.2 Å². The van der Waals surface area contributed by atoms with E-state index in [9.17, 15) is 0 Å². The number of halogens is 2. The van der Waals surface area contributed by atoms with Gasteiger partial charge in [-0.25, -0.2) is 9.97 Å². The molecule has 72 valence electrons. The molecule has 4 nitrogen and oxygen atoms in total. The van der Waals surface area contributed by atoms with Gasteiger partial charge in [0, 0.05) is 30.6 Å². The molecule has 0 unspecified atom stereocenters. The fraction of sp³-hybridized carbons (Fsp3) is 0.125. The van der Waals surface area contributed by atoms with Gasteiger partial charge in [-0.2, -0.15) is 5.10 Å². The summed E-state index contributed by atoms with van der Waals surface area (Å²) in [7, 11) is 1.83. The molecule has 0 bridgehead atoms. The molecule has 0 saturated heterocycles. The molecule has 6 heteroatoms. The second kappa shape index (κ2) is 3.55. The van der Waals surface area contributed by atoms with E-state index in [1.807, 2.05) is 13.2 Å². The Morgan fingerprint density at radius 2 is 2.07 bits per heavy atom. The Balaban J connectivity index is 2.52. The van der Waals surface area contributed by atoms with Crippen LogP contribution in [0, 0.1) is 0 Å². The zero-order chi connectivity index (χ0) is 10.1. The van der Waals surface area contributed by atoms with E-state index in [0.29, 0.717) is 5.15 Å². The average molecular weight is 229 g/mol. The highest BCUT2D eigenvalue weighted by molar-refractivity contribution is 6.33. The highest BCUT2D eigenvalue weighted by atomic mass is 35.5. The van der Waals surface area contributed by atoms with Crippen LogP contribution in [0.5, 0.6) is 0 Å². The normalized spacial score (nSPS) is 10.5. The summed E-state index contributed by atoms with van der Waals surface area (Å²) in [6, 6.07) is 0. The topological polar surface area (TPSA) is 43.6 Å². The highest BCUT2D eigenvalue weighted by Crippen LogP contribution is 2.25. The smallest absolute Gasteiger partial charge is 0.223 e. The lowest BCUT2D eigenvalue weighted by atomic mass is 10.2. The van der Waals surface area contributed by atoms with Crippen molar-refractivity contribution in [1.29, 1.82) is 0 Å². The molecule has 0 aliphatic rings. The van der Waals surface area contributed by atoms with Crippen LogP contribution in [0.25, 0.3) is 11.1 Å². The molecule has 2 heterocycles. The van der Waals surface area contributed by atoms with Gasteiger partial charge in [0.05, 0.1) is 6.20 Å². The molecule has 0 aliphatic carbocycles. The molecule has 0 aliphatic heterocycles. The van der Waals surface area contributed by atoms with Crippen LogP contribution in [0.4, 0.5) is 0 Å². The van der Waals surface area contributed by atoms with Crippen LogP contribution in [-0.4, -0.2) is 19.7 Å². The lowest BCUT2D eigenvalue weighted by Gasteiger charge is -1.98. The summed E-state index contributed by atoms with van der Waals surface area (Å²) in [6.07, 6.45) is 5.10. The molecule has 0 N–H and O–H groups in total. The van der Waals surface area contributed by atoms with Gasteiger partial charge in [-0.15, -0.1) is 0 Å². The van der Waals surface area contributed by atoms with E-state index in [2.05, 4.69) is 15.1 Å². The van der Waals surface area contributed by atoms with Crippen molar-refractivity contribution >= 4 is 23.2 Å². The fourth-order valence-electron chi connectivity index (χ4n) is 1.10. The van der Waals surface area contributed by atoms with Crippen molar-refractivity contribution in [3.8, 4) is 11.1 Å². The molecule has 0 atom stereocenters. The van der Waals surface area contributed by atoms with Gasteiger partial charge in [0.1, 0.15) is 5.15 Å². The van der Waals surface area contributed by atoms with E-state index in [0.717, 1.165) is 11.1 Å². The van der Waals surface area contributed by atoms with E-state index >= 15 is 0 Å². The van der Waals surface area contributed by atoms with E-state index in [1.54, 1.807) is 17.1 Å². The number of aromatic nitrogens is 4. The first kappa shape index (κ1) is 9.43. The Hall–Kier alpha value is -1.13. The highest BCUT2D eigenvalue weighted by Gasteiger charge is 2.07. The number of aryl methyl sites for hydroxylation is 1. The van der Waals surface area contributed by atoms with E-state index < -0.39 is 0 Å². The first-order valence-electron chi connectivity index (χ1n) is 3.84. The molecule has 0 aromatic carbocycles. The van der Waals surface area contributed by atoms with Gasteiger partial charge in [-0.1, -0.05) is 11.6 Å². The van der Waals surface area contributed by atoms with Gasteiger partial charge in [0.25, 0.3) is 0 Å². The Bertz CT molecular complexity index is 466. The Morgan fingerprint density at radius 3 is 2.64 bits per heavy atom. The summed E-state index contributed by atoms with van der Waals surface area (Å²) in [4.78, 5) is 7.70. The molecule has 2 aromatic heterocycles. The molecule has 0 spiro atoms. The first-order chi connectivity index (χ1) is 6.66. The Labute approximate surface area is 90.5 Å². The quantitative estimate of drug-likeness (QED) is 0.556. The molecular formula is C8H6Cl2N4. The summed E-state index contributed by atoms with van der Waals surface area (Å²) >= 11 is 11.5. The molecule has 0 amide bonds. The number of rotatable bonds is 1. The zero-order valence-electron chi connectivity index (χ0n) is 7.28. The van der Waals surface area contributed by atoms with Crippen LogP contribution in [0.2, 0.25) is 10.4 Å². The van der Waals surface area contributed by atoms with Crippen molar-refractivity contribution in [2.75, 3.05) is 0 Å². The van der Waals surface area contributed by atoms with Crippen LogP contribution in [0.1, 0.15) is 0 Å². The maximum absolute atomic E-state index is 5.90. The van der Waals surface area contributed by atoms with Gasteiger partial charge in [-0.3, -0.25) is 4.68 Å². The lowest BCUT2D eigenvalue weighted by Crippen LogP contribution is -1.87. The molecule has 2 rings (SSSR count). The maximum atomic E-state index is 5.90. The third-order valence-corrected chi connectivity index (χ3v) is 2.20. The van der Waals surface area contributed by atoms with Crippen molar-refractivity contribution in [3.05, 3.63) is 29.0 Å². The van der Waals surface area contributed by atoms with E-state index in [-0.39, 0.29) is 5.28 Å². The second-order valence-corrected chi connectivity index (χ2v) is 3.44. The number of nitrogens with zero attached hydrogens (tertiary/aromatic N) is 4. The monoisotopic (exact) mass is 228 g/mol. The minimum atomic E-state index is 0.141. The lowest BCUT2D eigenvalue weighted by molar-refractivity contribution is 0.768. The number of hydrogen-bond donors (Lipinski definition) is 0. The van der Waals surface area contributed by atoms with E-state index in [1.165, 1.54) is 0 Å². The second-order valence-electron chi connectivity index (χ2n) is 2.75.